The Morgan fingerprint density at radius 2 is 1.87 bits per heavy atom. The molecule has 5 heteroatoms. The van der Waals surface area contributed by atoms with Crippen LogP contribution in [-0.2, 0) is 0 Å². The van der Waals surface area contributed by atoms with Crippen LogP contribution >= 0.6 is 23.4 Å². The van der Waals surface area contributed by atoms with Crippen molar-refractivity contribution in [2.75, 3.05) is 10.8 Å². The van der Waals surface area contributed by atoms with Crippen LogP contribution in [0.2, 0.25) is 5.02 Å². The highest BCUT2D eigenvalue weighted by molar-refractivity contribution is 8.02. The first-order valence-corrected chi connectivity index (χ1v) is 8.87. The van der Waals surface area contributed by atoms with E-state index in [1.807, 2.05) is 25.3 Å². The highest BCUT2D eigenvalue weighted by Gasteiger charge is 2.24. The van der Waals surface area contributed by atoms with E-state index in [4.69, 9.17) is 11.6 Å². The van der Waals surface area contributed by atoms with E-state index in [1.165, 1.54) is 16.9 Å². The molecule has 0 bridgehead atoms. The van der Waals surface area contributed by atoms with Crippen molar-refractivity contribution in [2.24, 2.45) is 0 Å². The van der Waals surface area contributed by atoms with Gasteiger partial charge in [0.25, 0.3) is 0 Å². The van der Waals surface area contributed by atoms with Crippen molar-refractivity contribution in [3.05, 3.63) is 70.0 Å². The fourth-order valence-electron chi connectivity index (χ4n) is 2.89. The Balaban J connectivity index is 1.84. The van der Waals surface area contributed by atoms with Crippen LogP contribution < -0.4 is 4.90 Å². The van der Waals surface area contributed by atoms with Crippen molar-refractivity contribution in [1.82, 2.24) is 9.38 Å². The SMILES string of the molecule is Cc1ccc(N2CSC=C2c2c(C)nc3ccc(Cl)cn23)cc1. The summed E-state index contributed by atoms with van der Waals surface area (Å²) in [5.74, 6) is 0.908. The zero-order valence-corrected chi connectivity index (χ0v) is 14.5. The molecule has 3 heterocycles. The molecule has 1 aromatic carbocycles. The Hall–Kier alpha value is -1.91. The van der Waals surface area contributed by atoms with Gasteiger partial charge in [-0.3, -0.25) is 4.40 Å². The van der Waals surface area contributed by atoms with Crippen molar-refractivity contribution in [3.63, 3.8) is 0 Å². The monoisotopic (exact) mass is 341 g/mol. The Morgan fingerprint density at radius 1 is 1.09 bits per heavy atom. The van der Waals surface area contributed by atoms with Crippen molar-refractivity contribution in [2.45, 2.75) is 13.8 Å². The van der Waals surface area contributed by atoms with Gasteiger partial charge in [0.1, 0.15) is 5.65 Å². The number of hydrogen-bond acceptors (Lipinski definition) is 3. The molecule has 116 valence electrons. The van der Waals surface area contributed by atoms with Crippen LogP contribution in [0.4, 0.5) is 5.69 Å². The number of benzene rings is 1. The minimum atomic E-state index is 0.712. The molecule has 0 spiro atoms. The predicted molar refractivity (Wildman–Crippen MR) is 99.0 cm³/mol. The van der Waals surface area contributed by atoms with Gasteiger partial charge in [-0.25, -0.2) is 4.98 Å². The van der Waals surface area contributed by atoms with Crippen LogP contribution in [0.3, 0.4) is 0 Å². The number of fused-ring (bicyclic) bond motifs is 1. The molecular weight excluding hydrogens is 326 g/mol. The number of halogens is 1. The van der Waals surface area contributed by atoms with Crippen LogP contribution in [0.15, 0.2) is 48.0 Å². The van der Waals surface area contributed by atoms with Crippen LogP contribution in [0.1, 0.15) is 17.0 Å². The first-order chi connectivity index (χ1) is 11.1. The van der Waals surface area contributed by atoms with Crippen molar-refractivity contribution in [3.8, 4) is 0 Å². The Bertz CT molecular complexity index is 912. The second-order valence-corrected chi connectivity index (χ2v) is 6.95. The number of aromatic nitrogens is 2. The second-order valence-electron chi connectivity index (χ2n) is 5.68. The van der Waals surface area contributed by atoms with E-state index in [-0.39, 0.29) is 0 Å². The largest absolute Gasteiger partial charge is 0.329 e. The molecule has 0 amide bonds. The molecule has 0 unspecified atom stereocenters. The normalized spacial score (nSPS) is 14.6. The fourth-order valence-corrected chi connectivity index (χ4v) is 3.96. The summed E-state index contributed by atoms with van der Waals surface area (Å²) >= 11 is 7.99. The van der Waals surface area contributed by atoms with Crippen LogP contribution in [0.25, 0.3) is 11.3 Å². The van der Waals surface area contributed by atoms with E-state index < -0.39 is 0 Å². The highest BCUT2D eigenvalue weighted by atomic mass is 35.5. The van der Waals surface area contributed by atoms with Crippen molar-refractivity contribution >= 4 is 40.4 Å². The maximum atomic E-state index is 6.19. The van der Waals surface area contributed by atoms with Crippen LogP contribution in [-0.4, -0.2) is 15.3 Å². The molecule has 0 radical (unpaired) electrons. The second kappa shape index (κ2) is 5.62. The minimum Gasteiger partial charge on any atom is -0.329 e. The molecule has 2 aromatic heterocycles. The highest BCUT2D eigenvalue weighted by Crippen LogP contribution is 2.37. The van der Waals surface area contributed by atoms with Gasteiger partial charge in [-0.1, -0.05) is 29.3 Å². The molecular formula is C18H16ClN3S. The van der Waals surface area contributed by atoms with Crippen molar-refractivity contribution in [1.29, 1.82) is 0 Å². The summed E-state index contributed by atoms with van der Waals surface area (Å²) in [6.07, 6.45) is 1.93. The smallest absolute Gasteiger partial charge is 0.137 e. The lowest BCUT2D eigenvalue weighted by Crippen LogP contribution is -2.18. The van der Waals surface area contributed by atoms with E-state index in [0.717, 1.165) is 22.9 Å². The van der Waals surface area contributed by atoms with E-state index in [9.17, 15) is 0 Å². The van der Waals surface area contributed by atoms with Crippen LogP contribution in [0, 0.1) is 13.8 Å². The molecule has 1 aliphatic heterocycles. The quantitative estimate of drug-likeness (QED) is 0.645. The van der Waals surface area contributed by atoms with Gasteiger partial charge in [0.05, 0.1) is 28.0 Å². The summed E-state index contributed by atoms with van der Waals surface area (Å²) in [5.41, 5.74) is 6.67. The standard InChI is InChI=1S/C18H16ClN3S/c1-12-3-6-15(7-4-12)22-11-23-10-16(22)18-13(2)20-17-8-5-14(19)9-21(17)18/h3-10H,11H2,1-2H3. The third-order valence-electron chi connectivity index (χ3n) is 4.03. The number of pyridine rings is 1. The van der Waals surface area contributed by atoms with Gasteiger partial charge in [-0.15, -0.1) is 11.8 Å². The summed E-state index contributed by atoms with van der Waals surface area (Å²) in [7, 11) is 0. The lowest BCUT2D eigenvalue weighted by atomic mass is 10.2. The number of thioether (sulfide) groups is 1. The number of rotatable bonds is 2. The molecule has 0 saturated heterocycles. The van der Waals surface area contributed by atoms with Crippen LogP contribution in [0.5, 0.6) is 0 Å². The van der Waals surface area contributed by atoms with Gasteiger partial charge in [-0.05, 0) is 43.5 Å². The third kappa shape index (κ3) is 2.52. The molecule has 0 N–H and O–H groups in total. The molecule has 3 nitrogen and oxygen atoms in total. The first kappa shape index (κ1) is 14.7. The molecule has 3 aromatic rings. The Kier molecular flexibility index (Phi) is 3.58. The zero-order chi connectivity index (χ0) is 16.0. The first-order valence-electron chi connectivity index (χ1n) is 7.44. The summed E-state index contributed by atoms with van der Waals surface area (Å²) < 4.78 is 2.08. The van der Waals surface area contributed by atoms with E-state index in [2.05, 4.69) is 50.9 Å². The average molecular weight is 342 g/mol. The number of hydrogen-bond donors (Lipinski definition) is 0. The van der Waals surface area contributed by atoms with Gasteiger partial charge in [0, 0.05) is 11.9 Å². The molecule has 0 aliphatic carbocycles. The molecule has 0 saturated carbocycles. The number of imidazole rings is 1. The summed E-state index contributed by atoms with van der Waals surface area (Å²) in [5, 5.41) is 2.92. The summed E-state index contributed by atoms with van der Waals surface area (Å²) in [6, 6.07) is 12.5. The van der Waals surface area contributed by atoms with Gasteiger partial charge in [0.15, 0.2) is 0 Å². The zero-order valence-electron chi connectivity index (χ0n) is 13.0. The van der Waals surface area contributed by atoms with Gasteiger partial charge < -0.3 is 4.90 Å². The van der Waals surface area contributed by atoms with Gasteiger partial charge >= 0.3 is 0 Å². The minimum absolute atomic E-state index is 0.712. The van der Waals surface area contributed by atoms with Gasteiger partial charge in [0.2, 0.25) is 0 Å². The number of anilines is 1. The molecule has 1 aliphatic rings. The number of nitrogens with zero attached hydrogens (tertiary/aromatic N) is 3. The van der Waals surface area contributed by atoms with E-state index >= 15 is 0 Å². The molecule has 0 fully saturated rings. The Morgan fingerprint density at radius 3 is 2.65 bits per heavy atom. The van der Waals surface area contributed by atoms with E-state index in [0.29, 0.717) is 5.02 Å². The summed E-state index contributed by atoms with van der Waals surface area (Å²) in [4.78, 5) is 6.99. The molecule has 0 atom stereocenters. The topological polar surface area (TPSA) is 20.5 Å². The fraction of sp³-hybridized carbons (Fsp3) is 0.167. The predicted octanol–water partition coefficient (Wildman–Crippen LogP) is 5.11. The maximum Gasteiger partial charge on any atom is 0.137 e. The Labute approximate surface area is 144 Å². The lowest BCUT2D eigenvalue weighted by Gasteiger charge is -2.22. The summed E-state index contributed by atoms with van der Waals surface area (Å²) in [6.45, 7) is 4.16. The average Bonchev–Trinajstić information content (AvgIpc) is 3.11. The lowest BCUT2D eigenvalue weighted by molar-refractivity contribution is 1.10. The molecule has 23 heavy (non-hydrogen) atoms. The number of aryl methyl sites for hydroxylation is 2. The molecule has 4 rings (SSSR count). The van der Waals surface area contributed by atoms with E-state index in [1.54, 1.807) is 11.8 Å². The third-order valence-corrected chi connectivity index (χ3v) is 5.06. The van der Waals surface area contributed by atoms with Gasteiger partial charge in [-0.2, -0.15) is 0 Å². The maximum absolute atomic E-state index is 6.19. The van der Waals surface area contributed by atoms with Crippen molar-refractivity contribution < 1.29 is 0 Å².